The second-order valence-corrected chi connectivity index (χ2v) is 6.16. The van der Waals surface area contributed by atoms with Gasteiger partial charge in [-0.2, -0.15) is 0 Å². The molecule has 2 aromatic rings. The molecular formula is C8H13N4O3PS. The zero-order valence-electron chi connectivity index (χ0n) is 9.49. The first-order valence-corrected chi connectivity index (χ1v) is 7.47. The van der Waals surface area contributed by atoms with Crippen LogP contribution in [0.15, 0.2) is 5.38 Å². The Morgan fingerprint density at radius 1 is 1.76 bits per heavy atom. The average molecular weight is 276 g/mol. The highest BCUT2D eigenvalue weighted by atomic mass is 32.1. The van der Waals surface area contributed by atoms with Crippen LogP contribution in [0, 0.1) is 0 Å². The van der Waals surface area contributed by atoms with E-state index in [1.165, 1.54) is 25.9 Å². The molecule has 1 unspecified atom stereocenters. The molecule has 17 heavy (non-hydrogen) atoms. The summed E-state index contributed by atoms with van der Waals surface area (Å²) in [6.07, 6.45) is 1.58. The Morgan fingerprint density at radius 2 is 2.47 bits per heavy atom. The van der Waals surface area contributed by atoms with Gasteiger partial charge in [0.1, 0.15) is 0 Å². The molecular weight excluding hydrogens is 263 g/mol. The molecule has 0 aliphatic carbocycles. The molecule has 2 heterocycles. The fourth-order valence-corrected chi connectivity index (χ4v) is 3.57. The monoisotopic (exact) mass is 276 g/mol. The molecule has 2 rings (SSSR count). The predicted molar refractivity (Wildman–Crippen MR) is 61.7 cm³/mol. The molecule has 0 aliphatic rings. The van der Waals surface area contributed by atoms with E-state index in [2.05, 4.69) is 9.62 Å². The van der Waals surface area contributed by atoms with E-state index in [0.29, 0.717) is 17.2 Å². The molecule has 1 atom stereocenters. The van der Waals surface area contributed by atoms with Gasteiger partial charge in [0.2, 0.25) is 13.0 Å². The second-order valence-electron chi connectivity index (χ2n) is 3.50. The van der Waals surface area contributed by atoms with Crippen LogP contribution in [-0.4, -0.2) is 16.7 Å². The zero-order chi connectivity index (χ0) is 12.6. The third kappa shape index (κ3) is 1.97. The zero-order valence-corrected chi connectivity index (χ0v) is 11.2. The van der Waals surface area contributed by atoms with Crippen molar-refractivity contribution < 1.29 is 18.7 Å². The summed E-state index contributed by atoms with van der Waals surface area (Å²) in [5, 5.41) is 5.66. The molecule has 0 spiro atoms. The largest absolute Gasteiger partial charge is 0.773 e. The van der Waals surface area contributed by atoms with Crippen molar-refractivity contribution in [2.45, 2.75) is 19.8 Å². The Labute approximate surface area is 102 Å². The molecule has 0 saturated carbocycles. The van der Waals surface area contributed by atoms with Gasteiger partial charge in [-0.05, 0) is 6.42 Å². The molecule has 0 radical (unpaired) electrons. The molecule has 2 aromatic heterocycles. The lowest BCUT2D eigenvalue weighted by atomic mass is 10.3. The van der Waals surface area contributed by atoms with E-state index >= 15 is 0 Å². The van der Waals surface area contributed by atoms with E-state index < -0.39 is 7.60 Å². The van der Waals surface area contributed by atoms with Crippen molar-refractivity contribution in [3.05, 3.63) is 11.2 Å². The summed E-state index contributed by atoms with van der Waals surface area (Å²) >= 11 is 1.22. The lowest BCUT2D eigenvalue weighted by molar-refractivity contribution is -0.618. The smallest absolute Gasteiger partial charge is 0.346 e. The highest BCUT2D eigenvalue weighted by molar-refractivity contribution is 7.60. The van der Waals surface area contributed by atoms with Gasteiger partial charge in [-0.3, -0.25) is 5.84 Å². The van der Waals surface area contributed by atoms with E-state index in [1.807, 2.05) is 6.92 Å². The maximum atomic E-state index is 11.7. The molecule has 94 valence electrons. The quantitative estimate of drug-likeness (QED) is 0.447. The van der Waals surface area contributed by atoms with Gasteiger partial charge in [-0.1, -0.05) is 22.8 Å². The van der Waals surface area contributed by atoms with Gasteiger partial charge in [-0.15, -0.1) is 4.68 Å². The first kappa shape index (κ1) is 12.5. The molecule has 9 heteroatoms. The number of nitrogen functional groups attached to an aromatic ring is 1. The highest BCUT2D eigenvalue weighted by Crippen LogP contribution is 2.35. The van der Waals surface area contributed by atoms with Crippen molar-refractivity contribution in [1.29, 1.82) is 0 Å². The maximum absolute atomic E-state index is 11.7. The van der Waals surface area contributed by atoms with Crippen LogP contribution in [0.3, 0.4) is 0 Å². The number of rotatable bonds is 4. The van der Waals surface area contributed by atoms with Crippen molar-refractivity contribution >= 4 is 29.3 Å². The summed E-state index contributed by atoms with van der Waals surface area (Å²) in [7, 11) is -2.93. The average Bonchev–Trinajstić information content (AvgIpc) is 2.82. The number of hydrogen-bond acceptors (Lipinski definition) is 6. The molecule has 0 saturated heterocycles. The van der Waals surface area contributed by atoms with Crippen LogP contribution in [0.1, 0.15) is 19.2 Å². The summed E-state index contributed by atoms with van der Waals surface area (Å²) < 4.78 is 18.9. The number of thiazole rings is 1. The van der Waals surface area contributed by atoms with Crippen LogP contribution in [0.25, 0.3) is 4.96 Å². The Morgan fingerprint density at radius 3 is 3.06 bits per heavy atom. The van der Waals surface area contributed by atoms with Crippen molar-refractivity contribution in [1.82, 2.24) is 9.61 Å². The van der Waals surface area contributed by atoms with Gasteiger partial charge < -0.3 is 14.0 Å². The van der Waals surface area contributed by atoms with Crippen LogP contribution in [0.5, 0.6) is 0 Å². The summed E-state index contributed by atoms with van der Waals surface area (Å²) in [5.74, 6) is 6.48. The first-order valence-electron chi connectivity index (χ1n) is 5.04. The first-order chi connectivity index (χ1) is 8.01. The fourth-order valence-electron chi connectivity index (χ4n) is 1.50. The van der Waals surface area contributed by atoms with Gasteiger partial charge in [0.05, 0.1) is 0 Å². The van der Waals surface area contributed by atoms with E-state index in [-0.39, 0.29) is 5.44 Å². The van der Waals surface area contributed by atoms with Crippen LogP contribution >= 0.6 is 18.9 Å². The van der Waals surface area contributed by atoms with Gasteiger partial charge in [0, 0.05) is 24.0 Å². The van der Waals surface area contributed by atoms with Crippen LogP contribution in [0.2, 0.25) is 0 Å². The molecule has 0 bridgehead atoms. The molecule has 2 N–H and O–H groups in total. The topological polar surface area (TPSA) is 96.6 Å². The third-order valence-electron chi connectivity index (χ3n) is 2.36. The lowest BCUT2D eigenvalue weighted by Gasteiger charge is -2.15. The number of fused-ring (bicyclic) bond motifs is 1. The van der Waals surface area contributed by atoms with Crippen LogP contribution < -0.4 is 20.8 Å². The number of nitrogens with two attached hydrogens (primary N) is 1. The molecule has 0 aliphatic heterocycles. The van der Waals surface area contributed by atoms with E-state index in [1.54, 1.807) is 0 Å². The van der Waals surface area contributed by atoms with Crippen molar-refractivity contribution in [3.63, 3.8) is 0 Å². The third-order valence-corrected chi connectivity index (χ3v) is 4.82. The summed E-state index contributed by atoms with van der Waals surface area (Å²) in [4.78, 5) is 12.2. The van der Waals surface area contributed by atoms with E-state index in [9.17, 15) is 9.46 Å². The van der Waals surface area contributed by atoms with Crippen LogP contribution in [0.4, 0.5) is 0 Å². The summed E-state index contributed by atoms with van der Waals surface area (Å²) in [5.41, 5.74) is 0.0292. The molecule has 0 aromatic carbocycles. The minimum atomic E-state index is -4.06. The molecule has 0 fully saturated rings. The predicted octanol–water partition coefficient (Wildman–Crippen LogP) is -0.825. The Balaban J connectivity index is 2.61. The highest BCUT2D eigenvalue weighted by Gasteiger charge is 2.28. The van der Waals surface area contributed by atoms with E-state index in [4.69, 9.17) is 5.84 Å². The summed E-state index contributed by atoms with van der Waals surface area (Å²) in [6, 6.07) is 0. The van der Waals surface area contributed by atoms with Gasteiger partial charge in [0.15, 0.2) is 0 Å². The van der Waals surface area contributed by atoms with Crippen molar-refractivity contribution in [2.24, 2.45) is 0 Å². The maximum Gasteiger partial charge on any atom is 0.346 e. The Kier molecular flexibility index (Phi) is 3.22. The van der Waals surface area contributed by atoms with Gasteiger partial charge >= 0.3 is 10.8 Å². The van der Waals surface area contributed by atoms with Crippen LogP contribution in [-0.2, 0) is 15.5 Å². The van der Waals surface area contributed by atoms with Crippen molar-refractivity contribution in [2.75, 3.05) is 13.0 Å². The van der Waals surface area contributed by atoms with Crippen molar-refractivity contribution in [3.8, 4) is 0 Å². The number of nitrogens with zero attached hydrogens (tertiary/aromatic N) is 3. The molecule has 0 amide bonds. The fraction of sp³-hybridized carbons (Fsp3) is 0.500. The van der Waals surface area contributed by atoms with Gasteiger partial charge in [-0.25, -0.2) is 0 Å². The minimum absolute atomic E-state index is 0.0292. The summed E-state index contributed by atoms with van der Waals surface area (Å²) in [6.45, 7) is 2.00. The Hall–Kier alpha value is -0.950. The van der Waals surface area contributed by atoms with E-state index in [0.717, 1.165) is 13.5 Å². The Bertz CT molecular complexity index is 593. The SMILES string of the molecule is CCCc1nn2c(P(=O)([O-])OC)csc2[n+]1N. The van der Waals surface area contributed by atoms with Gasteiger partial charge in [0.25, 0.3) is 0 Å². The number of hydrogen-bond donors (Lipinski definition) is 1. The normalized spacial score (nSPS) is 15.2. The lowest BCUT2D eigenvalue weighted by Crippen LogP contribution is -2.46. The minimum Gasteiger partial charge on any atom is -0.773 e. The number of aromatic nitrogens is 3. The molecule has 7 nitrogen and oxygen atoms in total. The number of aryl methyl sites for hydroxylation is 1. The second kappa shape index (κ2) is 4.38. The standard InChI is InChI=1S/C8H13N4O3PS/c1-3-4-6-10-12-7(16(13,14)15-2)5-17-8(12)11(6)9/h5H,3-4,9H2,1-2H3.